The second-order valence-electron chi connectivity index (χ2n) is 4.59. The van der Waals surface area contributed by atoms with Crippen LogP contribution in [0.4, 0.5) is 0 Å². The van der Waals surface area contributed by atoms with E-state index in [1.807, 2.05) is 0 Å². The number of methoxy groups -OCH3 is 2. The number of rotatable bonds is 5. The van der Waals surface area contributed by atoms with Gasteiger partial charge in [-0.25, -0.2) is 4.79 Å². The molecule has 110 valence electrons. The lowest BCUT2D eigenvalue weighted by atomic mass is 10.2. The predicted molar refractivity (Wildman–Crippen MR) is 75.9 cm³/mol. The van der Waals surface area contributed by atoms with Crippen LogP contribution in [-0.2, 0) is 4.74 Å². The zero-order chi connectivity index (χ0) is 14.5. The normalized spacial score (nSPS) is 17.9. The van der Waals surface area contributed by atoms with Gasteiger partial charge < -0.3 is 19.5 Å². The summed E-state index contributed by atoms with van der Waals surface area (Å²) < 4.78 is 15.6. The molecule has 6 heteroatoms. The molecule has 1 aromatic carbocycles. The van der Waals surface area contributed by atoms with Crippen LogP contribution in [0.25, 0.3) is 0 Å². The second kappa shape index (κ2) is 6.81. The van der Waals surface area contributed by atoms with Gasteiger partial charge in [0.1, 0.15) is 6.61 Å². The standard InChI is InChI=1S/C14H18ClNO4/c1-18-12-7-9(14(17)19-2)6-11(15)13(12)20-8-10-4-3-5-16-10/h6-7,10,16H,3-5,8H2,1-2H3. The SMILES string of the molecule is COC(=O)c1cc(Cl)c(OCC2CCCN2)c(OC)c1. The van der Waals surface area contributed by atoms with Crippen molar-refractivity contribution in [2.24, 2.45) is 0 Å². The van der Waals surface area contributed by atoms with Crippen molar-refractivity contribution in [3.8, 4) is 11.5 Å². The Kier molecular flexibility index (Phi) is 5.09. The highest BCUT2D eigenvalue weighted by molar-refractivity contribution is 6.32. The van der Waals surface area contributed by atoms with Gasteiger partial charge in [0.15, 0.2) is 11.5 Å². The van der Waals surface area contributed by atoms with E-state index < -0.39 is 5.97 Å². The van der Waals surface area contributed by atoms with Gasteiger partial charge in [-0.1, -0.05) is 11.6 Å². The summed E-state index contributed by atoms with van der Waals surface area (Å²) in [5, 5.41) is 3.68. The minimum Gasteiger partial charge on any atom is -0.493 e. The molecular weight excluding hydrogens is 282 g/mol. The van der Waals surface area contributed by atoms with Crippen molar-refractivity contribution in [3.05, 3.63) is 22.7 Å². The van der Waals surface area contributed by atoms with E-state index in [1.165, 1.54) is 20.3 Å². The zero-order valence-corrected chi connectivity index (χ0v) is 12.3. The summed E-state index contributed by atoms with van der Waals surface area (Å²) in [5.74, 6) is 0.417. The first-order valence-electron chi connectivity index (χ1n) is 6.47. The molecule has 5 nitrogen and oxygen atoms in total. The van der Waals surface area contributed by atoms with E-state index in [0.717, 1.165) is 19.4 Å². The highest BCUT2D eigenvalue weighted by atomic mass is 35.5. The van der Waals surface area contributed by atoms with Crippen LogP contribution in [0.2, 0.25) is 5.02 Å². The van der Waals surface area contributed by atoms with Crippen LogP contribution in [0.3, 0.4) is 0 Å². The molecule has 0 aromatic heterocycles. The number of esters is 1. The Hall–Kier alpha value is -1.46. The van der Waals surface area contributed by atoms with E-state index in [-0.39, 0.29) is 0 Å². The third-order valence-electron chi connectivity index (χ3n) is 3.24. The van der Waals surface area contributed by atoms with Crippen molar-refractivity contribution < 1.29 is 19.0 Å². The summed E-state index contributed by atoms with van der Waals surface area (Å²) in [6, 6.07) is 3.42. The number of ether oxygens (including phenoxy) is 3. The van der Waals surface area contributed by atoms with Crippen LogP contribution >= 0.6 is 11.6 Å². The van der Waals surface area contributed by atoms with Gasteiger partial charge in [0.05, 0.1) is 24.8 Å². The Morgan fingerprint density at radius 1 is 1.45 bits per heavy atom. The number of hydrogen-bond acceptors (Lipinski definition) is 5. The van der Waals surface area contributed by atoms with Crippen LogP contribution in [-0.4, -0.2) is 39.4 Å². The van der Waals surface area contributed by atoms with Crippen LogP contribution in [0.5, 0.6) is 11.5 Å². The number of hydrogen-bond donors (Lipinski definition) is 1. The maximum Gasteiger partial charge on any atom is 0.338 e. The molecule has 0 saturated carbocycles. The molecule has 1 aliphatic rings. The average Bonchev–Trinajstić information content (AvgIpc) is 2.97. The van der Waals surface area contributed by atoms with Gasteiger partial charge in [0, 0.05) is 6.04 Å². The third kappa shape index (κ3) is 3.35. The van der Waals surface area contributed by atoms with Crippen molar-refractivity contribution in [3.63, 3.8) is 0 Å². The van der Waals surface area contributed by atoms with Crippen LogP contribution < -0.4 is 14.8 Å². The Bertz CT molecular complexity index is 486. The molecule has 0 bridgehead atoms. The van der Waals surface area contributed by atoms with Gasteiger partial charge in [-0.15, -0.1) is 0 Å². The molecule has 1 atom stereocenters. The first-order chi connectivity index (χ1) is 9.65. The van der Waals surface area contributed by atoms with E-state index in [1.54, 1.807) is 6.07 Å². The number of carbonyl (C=O) groups excluding carboxylic acids is 1. The number of carbonyl (C=O) groups is 1. The Balaban J connectivity index is 2.16. The summed E-state index contributed by atoms with van der Waals surface area (Å²) in [5.41, 5.74) is 0.334. The molecule has 0 aliphatic carbocycles. The Labute approximate surface area is 123 Å². The molecule has 1 saturated heterocycles. The maximum absolute atomic E-state index is 11.5. The lowest BCUT2D eigenvalue weighted by Crippen LogP contribution is -2.28. The van der Waals surface area contributed by atoms with E-state index in [9.17, 15) is 4.79 Å². The van der Waals surface area contributed by atoms with E-state index in [4.69, 9.17) is 21.1 Å². The molecule has 0 spiro atoms. The van der Waals surface area contributed by atoms with Crippen LogP contribution in [0, 0.1) is 0 Å². The molecule has 1 aliphatic heterocycles. The van der Waals surface area contributed by atoms with Gasteiger partial charge >= 0.3 is 5.97 Å². The number of nitrogens with one attached hydrogen (secondary N) is 1. The molecule has 1 heterocycles. The molecular formula is C14H18ClNO4. The second-order valence-corrected chi connectivity index (χ2v) is 4.99. The van der Waals surface area contributed by atoms with Gasteiger partial charge in [-0.2, -0.15) is 0 Å². The smallest absolute Gasteiger partial charge is 0.338 e. The van der Waals surface area contributed by atoms with E-state index in [0.29, 0.717) is 34.7 Å². The average molecular weight is 300 g/mol. The molecule has 1 N–H and O–H groups in total. The van der Waals surface area contributed by atoms with E-state index >= 15 is 0 Å². The van der Waals surface area contributed by atoms with Gasteiger partial charge in [0.2, 0.25) is 0 Å². The Morgan fingerprint density at radius 3 is 2.85 bits per heavy atom. The molecule has 1 fully saturated rings. The monoisotopic (exact) mass is 299 g/mol. The zero-order valence-electron chi connectivity index (χ0n) is 11.6. The lowest BCUT2D eigenvalue weighted by molar-refractivity contribution is 0.0600. The van der Waals surface area contributed by atoms with Gasteiger partial charge in [-0.05, 0) is 31.5 Å². The number of benzene rings is 1. The lowest BCUT2D eigenvalue weighted by Gasteiger charge is -2.16. The summed E-state index contributed by atoms with van der Waals surface area (Å²) >= 11 is 6.17. The van der Waals surface area contributed by atoms with Gasteiger partial charge in [-0.3, -0.25) is 0 Å². The van der Waals surface area contributed by atoms with Crippen molar-refractivity contribution in [2.45, 2.75) is 18.9 Å². The van der Waals surface area contributed by atoms with Crippen molar-refractivity contribution >= 4 is 17.6 Å². The molecule has 1 unspecified atom stereocenters. The topological polar surface area (TPSA) is 56.8 Å². The Morgan fingerprint density at radius 2 is 2.25 bits per heavy atom. The molecule has 0 amide bonds. The quantitative estimate of drug-likeness (QED) is 0.845. The van der Waals surface area contributed by atoms with Crippen molar-refractivity contribution in [1.29, 1.82) is 0 Å². The third-order valence-corrected chi connectivity index (χ3v) is 3.52. The fourth-order valence-electron chi connectivity index (χ4n) is 2.18. The van der Waals surface area contributed by atoms with E-state index in [2.05, 4.69) is 10.1 Å². The molecule has 20 heavy (non-hydrogen) atoms. The molecule has 0 radical (unpaired) electrons. The highest BCUT2D eigenvalue weighted by Gasteiger charge is 2.19. The molecule has 1 aromatic rings. The largest absolute Gasteiger partial charge is 0.493 e. The maximum atomic E-state index is 11.5. The van der Waals surface area contributed by atoms with Crippen molar-refractivity contribution in [2.75, 3.05) is 27.4 Å². The number of halogens is 1. The fourth-order valence-corrected chi connectivity index (χ4v) is 2.44. The predicted octanol–water partition coefficient (Wildman–Crippen LogP) is 2.27. The fraction of sp³-hybridized carbons (Fsp3) is 0.500. The molecule has 2 rings (SSSR count). The summed E-state index contributed by atoms with van der Waals surface area (Å²) in [7, 11) is 2.83. The summed E-state index contributed by atoms with van der Waals surface area (Å²) in [4.78, 5) is 11.5. The van der Waals surface area contributed by atoms with Crippen LogP contribution in [0.1, 0.15) is 23.2 Å². The summed E-state index contributed by atoms with van der Waals surface area (Å²) in [6.07, 6.45) is 2.24. The highest BCUT2D eigenvalue weighted by Crippen LogP contribution is 2.36. The van der Waals surface area contributed by atoms with Crippen molar-refractivity contribution in [1.82, 2.24) is 5.32 Å². The minimum absolute atomic E-state index is 0.330. The first kappa shape index (κ1) is 14.9. The van der Waals surface area contributed by atoms with Crippen LogP contribution in [0.15, 0.2) is 12.1 Å². The minimum atomic E-state index is -0.464. The van der Waals surface area contributed by atoms with Gasteiger partial charge in [0.25, 0.3) is 0 Å². The first-order valence-corrected chi connectivity index (χ1v) is 6.85. The summed E-state index contributed by atoms with van der Waals surface area (Å²) in [6.45, 7) is 1.54.